The predicted molar refractivity (Wildman–Crippen MR) is 122 cm³/mol. The zero-order valence-electron chi connectivity index (χ0n) is 18.9. The Morgan fingerprint density at radius 2 is 2.00 bits per heavy atom. The van der Waals surface area contributed by atoms with Gasteiger partial charge in [-0.25, -0.2) is 23.5 Å². The highest BCUT2D eigenvalue weighted by molar-refractivity contribution is 5.66. The molecular formula is C22H27F2N7O3. The molecule has 1 aliphatic rings. The lowest BCUT2D eigenvalue weighted by Crippen LogP contribution is -2.37. The molecule has 1 aliphatic heterocycles. The van der Waals surface area contributed by atoms with Gasteiger partial charge in [0, 0.05) is 31.7 Å². The minimum Gasteiger partial charge on any atom is -0.465 e. The highest BCUT2D eigenvalue weighted by Gasteiger charge is 2.20. The topological polar surface area (TPSA) is 135 Å². The number of hydrogen-bond donors (Lipinski definition) is 4. The normalized spacial score (nSPS) is 14.4. The van der Waals surface area contributed by atoms with E-state index in [1.807, 2.05) is 19.9 Å². The van der Waals surface area contributed by atoms with Crippen molar-refractivity contribution in [1.82, 2.24) is 15.3 Å². The summed E-state index contributed by atoms with van der Waals surface area (Å²) in [7, 11) is 0. The van der Waals surface area contributed by atoms with Crippen LogP contribution in [0.1, 0.15) is 25.8 Å². The molecule has 1 unspecified atom stereocenters. The number of morpholine rings is 1. The molecule has 3 rings (SSSR count). The standard InChI is InChI=1S/C22H27F2N7O3/c1-13(2)7-15(12-27-22(32)33)29-20-17(23)8-14(10-25)19(30-20)28-16-9-18(24)21(26-11-16)31-3-5-34-6-4-31/h8-9,11,13,15,27H,3-7,12H2,1-2H3,(H,32,33)(H2,28,29,30). The van der Waals surface area contributed by atoms with Gasteiger partial charge >= 0.3 is 6.09 Å². The van der Waals surface area contributed by atoms with Crippen LogP contribution < -0.4 is 20.9 Å². The van der Waals surface area contributed by atoms with Crippen molar-refractivity contribution in [3.8, 4) is 6.07 Å². The lowest BCUT2D eigenvalue weighted by molar-refractivity contribution is 0.122. The number of anilines is 4. The first kappa shape index (κ1) is 24.9. The summed E-state index contributed by atoms with van der Waals surface area (Å²) < 4.78 is 34.6. The molecule has 0 aliphatic carbocycles. The first-order valence-corrected chi connectivity index (χ1v) is 10.9. The van der Waals surface area contributed by atoms with E-state index in [4.69, 9.17) is 9.84 Å². The van der Waals surface area contributed by atoms with Gasteiger partial charge in [-0.15, -0.1) is 0 Å². The Hall–Kier alpha value is -3.72. The SMILES string of the molecule is CC(C)CC(CNC(=O)O)Nc1nc(Nc2cnc(N3CCOCC3)c(F)c2)c(C#N)cc1F. The minimum absolute atomic E-state index is 0.0150. The number of pyridine rings is 2. The molecule has 1 fully saturated rings. The summed E-state index contributed by atoms with van der Waals surface area (Å²) in [6.45, 7) is 5.97. The number of carbonyl (C=O) groups is 1. The van der Waals surface area contributed by atoms with Crippen molar-refractivity contribution in [3.63, 3.8) is 0 Å². The lowest BCUT2D eigenvalue weighted by Gasteiger charge is -2.28. The van der Waals surface area contributed by atoms with Gasteiger partial charge in [0.2, 0.25) is 0 Å². The van der Waals surface area contributed by atoms with Gasteiger partial charge in [-0.3, -0.25) is 0 Å². The molecule has 0 spiro atoms. The second kappa shape index (κ2) is 11.4. The maximum Gasteiger partial charge on any atom is 0.404 e. The van der Waals surface area contributed by atoms with Gasteiger partial charge in [0.25, 0.3) is 0 Å². The van der Waals surface area contributed by atoms with Gasteiger partial charge in [-0.1, -0.05) is 13.8 Å². The van der Waals surface area contributed by atoms with E-state index in [0.717, 1.165) is 6.07 Å². The molecule has 1 saturated heterocycles. The summed E-state index contributed by atoms with van der Waals surface area (Å²) in [5.74, 6) is -1.06. The monoisotopic (exact) mass is 475 g/mol. The smallest absolute Gasteiger partial charge is 0.404 e. The van der Waals surface area contributed by atoms with Gasteiger partial charge in [0.15, 0.2) is 29.1 Å². The Balaban J connectivity index is 1.82. The van der Waals surface area contributed by atoms with Crippen molar-refractivity contribution in [1.29, 1.82) is 5.26 Å². The molecular weight excluding hydrogens is 448 g/mol. The van der Waals surface area contributed by atoms with Crippen LogP contribution in [0.5, 0.6) is 0 Å². The number of ether oxygens (including phenoxy) is 1. The number of hydrogen-bond acceptors (Lipinski definition) is 8. The molecule has 0 aromatic carbocycles. The molecule has 1 atom stereocenters. The van der Waals surface area contributed by atoms with Gasteiger partial charge in [-0.2, -0.15) is 5.26 Å². The average Bonchev–Trinajstić information content (AvgIpc) is 2.79. The minimum atomic E-state index is -1.19. The maximum atomic E-state index is 14.7. The van der Waals surface area contributed by atoms with E-state index in [1.165, 1.54) is 12.3 Å². The fraction of sp³-hybridized carbons (Fsp3) is 0.455. The van der Waals surface area contributed by atoms with Crippen molar-refractivity contribution in [2.45, 2.75) is 26.3 Å². The number of amides is 1. The van der Waals surface area contributed by atoms with Crippen molar-refractivity contribution in [2.75, 3.05) is 48.4 Å². The first-order valence-electron chi connectivity index (χ1n) is 10.9. The van der Waals surface area contributed by atoms with E-state index >= 15 is 0 Å². The average molecular weight is 476 g/mol. The Bertz CT molecular complexity index is 1060. The van der Waals surface area contributed by atoms with Crippen LogP contribution in [0.4, 0.5) is 36.7 Å². The number of rotatable bonds is 9. The molecule has 2 aromatic rings. The Labute approximate surface area is 196 Å². The van der Waals surface area contributed by atoms with Crippen molar-refractivity contribution >= 4 is 29.2 Å². The Kier molecular flexibility index (Phi) is 8.37. The Morgan fingerprint density at radius 3 is 2.62 bits per heavy atom. The van der Waals surface area contributed by atoms with Gasteiger partial charge in [0.05, 0.1) is 30.7 Å². The molecule has 12 heteroatoms. The summed E-state index contributed by atoms with van der Waals surface area (Å²) in [6.07, 6.45) is 0.759. The van der Waals surface area contributed by atoms with Gasteiger partial charge < -0.3 is 30.7 Å². The predicted octanol–water partition coefficient (Wildman–Crippen LogP) is 3.30. The molecule has 0 bridgehead atoms. The van der Waals surface area contributed by atoms with E-state index in [9.17, 15) is 18.8 Å². The van der Waals surface area contributed by atoms with Crippen LogP contribution in [-0.4, -0.2) is 60.1 Å². The van der Waals surface area contributed by atoms with Crippen LogP contribution in [0.15, 0.2) is 18.3 Å². The highest BCUT2D eigenvalue weighted by atomic mass is 19.1. The largest absolute Gasteiger partial charge is 0.465 e. The molecule has 0 radical (unpaired) electrons. The van der Waals surface area contributed by atoms with Gasteiger partial charge in [0.1, 0.15) is 6.07 Å². The van der Waals surface area contributed by atoms with Crippen molar-refractivity contribution in [3.05, 3.63) is 35.5 Å². The number of aromatic nitrogens is 2. The van der Waals surface area contributed by atoms with Crippen LogP contribution in [0.2, 0.25) is 0 Å². The van der Waals surface area contributed by atoms with Gasteiger partial charge in [-0.05, 0) is 18.4 Å². The number of halogens is 2. The second-order valence-electron chi connectivity index (χ2n) is 8.24. The zero-order valence-corrected chi connectivity index (χ0v) is 18.9. The quantitative estimate of drug-likeness (QED) is 0.431. The highest BCUT2D eigenvalue weighted by Crippen LogP contribution is 2.26. The third-order valence-corrected chi connectivity index (χ3v) is 5.09. The number of carboxylic acid groups (broad SMARTS) is 1. The van der Waals surface area contributed by atoms with E-state index in [2.05, 4.69) is 25.9 Å². The summed E-state index contributed by atoms with van der Waals surface area (Å²) in [5.41, 5.74) is 0.159. The maximum absolute atomic E-state index is 14.7. The molecule has 2 aromatic heterocycles. The van der Waals surface area contributed by atoms with E-state index < -0.39 is 23.8 Å². The molecule has 182 valence electrons. The number of nitrogens with one attached hydrogen (secondary N) is 3. The fourth-order valence-electron chi connectivity index (χ4n) is 3.58. The molecule has 1 amide bonds. The second-order valence-corrected chi connectivity index (χ2v) is 8.24. The number of nitriles is 1. The fourth-order valence-corrected chi connectivity index (χ4v) is 3.58. The molecule has 0 saturated carbocycles. The summed E-state index contributed by atoms with van der Waals surface area (Å²) >= 11 is 0. The van der Waals surface area contributed by atoms with E-state index in [1.54, 1.807) is 4.90 Å². The van der Waals surface area contributed by atoms with Crippen LogP contribution in [-0.2, 0) is 4.74 Å². The molecule has 34 heavy (non-hydrogen) atoms. The first-order chi connectivity index (χ1) is 16.3. The van der Waals surface area contributed by atoms with Crippen LogP contribution in [0.3, 0.4) is 0 Å². The summed E-state index contributed by atoms with van der Waals surface area (Å²) in [6, 6.07) is 3.68. The van der Waals surface area contributed by atoms with Crippen LogP contribution >= 0.6 is 0 Å². The van der Waals surface area contributed by atoms with E-state index in [0.29, 0.717) is 32.7 Å². The Morgan fingerprint density at radius 1 is 1.26 bits per heavy atom. The number of nitrogens with zero attached hydrogens (tertiary/aromatic N) is 4. The third kappa shape index (κ3) is 6.64. The lowest BCUT2D eigenvalue weighted by atomic mass is 10.0. The third-order valence-electron chi connectivity index (χ3n) is 5.09. The van der Waals surface area contributed by atoms with Crippen molar-refractivity contribution in [2.24, 2.45) is 5.92 Å². The molecule has 10 nitrogen and oxygen atoms in total. The van der Waals surface area contributed by atoms with Crippen LogP contribution in [0.25, 0.3) is 0 Å². The van der Waals surface area contributed by atoms with E-state index in [-0.39, 0.29) is 41.2 Å². The zero-order chi connectivity index (χ0) is 24.7. The summed E-state index contributed by atoms with van der Waals surface area (Å²) in [5, 5.41) is 26.3. The molecule has 4 N–H and O–H groups in total. The summed E-state index contributed by atoms with van der Waals surface area (Å²) in [4.78, 5) is 21.0. The molecule has 3 heterocycles. The van der Waals surface area contributed by atoms with Crippen molar-refractivity contribution < 1.29 is 23.4 Å². The van der Waals surface area contributed by atoms with Crippen LogP contribution in [0, 0.1) is 28.9 Å².